The first-order valence-electron chi connectivity index (χ1n) is 6.13. The summed E-state index contributed by atoms with van der Waals surface area (Å²) in [5, 5.41) is 9.41. The monoisotopic (exact) mass is 253 g/mol. The van der Waals surface area contributed by atoms with Gasteiger partial charge in [-0.1, -0.05) is 0 Å². The van der Waals surface area contributed by atoms with Gasteiger partial charge in [-0.15, -0.1) is 0 Å². The molecule has 1 N–H and O–H groups in total. The smallest absolute Gasteiger partial charge is 0.234 e. The molecular weight excluding hydrogens is 234 g/mol. The molecule has 0 aromatic carbocycles. The lowest BCUT2D eigenvalue weighted by atomic mass is 10.2. The summed E-state index contributed by atoms with van der Waals surface area (Å²) in [5.74, 6) is 1.23. The number of aliphatic hydroxyl groups excluding tert-OH is 1. The number of ether oxygens (including phenoxy) is 2. The van der Waals surface area contributed by atoms with Gasteiger partial charge >= 0.3 is 0 Å². The van der Waals surface area contributed by atoms with Gasteiger partial charge < -0.3 is 19.5 Å². The minimum absolute atomic E-state index is 0.0288. The van der Waals surface area contributed by atoms with E-state index in [9.17, 15) is 5.11 Å². The van der Waals surface area contributed by atoms with Crippen LogP contribution in [0, 0.1) is 0 Å². The van der Waals surface area contributed by atoms with E-state index in [0.717, 1.165) is 12.2 Å². The number of aliphatic hydroxyl groups is 1. The van der Waals surface area contributed by atoms with E-state index < -0.39 is 0 Å². The predicted octanol–water partition coefficient (Wildman–Crippen LogP) is 0.461. The normalized spacial score (nSPS) is 23.4. The third-order valence-electron chi connectivity index (χ3n) is 3.11. The molecule has 18 heavy (non-hydrogen) atoms. The summed E-state index contributed by atoms with van der Waals surface area (Å²) in [6.07, 6.45) is 4.20. The molecule has 6 nitrogen and oxygen atoms in total. The fraction of sp³-hybridized carbons (Fsp3) is 0.667. The van der Waals surface area contributed by atoms with Gasteiger partial charge in [0.2, 0.25) is 5.88 Å². The van der Waals surface area contributed by atoms with Crippen molar-refractivity contribution >= 4 is 5.82 Å². The van der Waals surface area contributed by atoms with Crippen molar-refractivity contribution in [1.82, 2.24) is 9.97 Å². The summed E-state index contributed by atoms with van der Waals surface area (Å²) in [5.41, 5.74) is 0. The molecule has 0 aliphatic carbocycles. The second kappa shape index (κ2) is 5.97. The van der Waals surface area contributed by atoms with Crippen LogP contribution in [0.4, 0.5) is 5.82 Å². The minimum Gasteiger partial charge on any atom is -0.477 e. The number of hydrogen-bond donors (Lipinski definition) is 1. The number of nitrogens with zero attached hydrogens (tertiary/aromatic N) is 3. The van der Waals surface area contributed by atoms with E-state index in [2.05, 4.69) is 9.97 Å². The molecule has 1 saturated heterocycles. The van der Waals surface area contributed by atoms with E-state index in [-0.39, 0.29) is 18.8 Å². The highest BCUT2D eigenvalue weighted by Gasteiger charge is 2.32. The Morgan fingerprint density at radius 1 is 1.50 bits per heavy atom. The average Bonchev–Trinajstić information content (AvgIpc) is 2.83. The summed E-state index contributed by atoms with van der Waals surface area (Å²) in [6.45, 7) is 3.26. The van der Waals surface area contributed by atoms with Crippen molar-refractivity contribution in [2.75, 3.05) is 31.8 Å². The summed E-state index contributed by atoms with van der Waals surface area (Å²) in [6, 6.07) is 0.0288. The van der Waals surface area contributed by atoms with Gasteiger partial charge in [-0.25, -0.2) is 0 Å². The van der Waals surface area contributed by atoms with Gasteiger partial charge in [0.15, 0.2) is 5.82 Å². The van der Waals surface area contributed by atoms with E-state index in [4.69, 9.17) is 9.47 Å². The van der Waals surface area contributed by atoms with E-state index in [1.165, 1.54) is 0 Å². The summed E-state index contributed by atoms with van der Waals surface area (Å²) in [4.78, 5) is 10.5. The fourth-order valence-electron chi connectivity index (χ4n) is 2.19. The third kappa shape index (κ3) is 2.70. The first-order chi connectivity index (χ1) is 8.78. The van der Waals surface area contributed by atoms with Crippen molar-refractivity contribution < 1.29 is 14.6 Å². The predicted molar refractivity (Wildman–Crippen MR) is 66.8 cm³/mol. The molecule has 1 aromatic heterocycles. The molecule has 0 radical (unpaired) electrons. The molecule has 1 fully saturated rings. The Morgan fingerprint density at radius 3 is 3.00 bits per heavy atom. The number of anilines is 1. The molecule has 100 valence electrons. The van der Waals surface area contributed by atoms with Crippen LogP contribution in [0.1, 0.15) is 13.3 Å². The quantitative estimate of drug-likeness (QED) is 0.822. The molecule has 1 aromatic rings. The van der Waals surface area contributed by atoms with Crippen LogP contribution in [0.5, 0.6) is 5.88 Å². The third-order valence-corrected chi connectivity index (χ3v) is 3.11. The lowest BCUT2D eigenvalue weighted by Gasteiger charge is -2.23. The first kappa shape index (κ1) is 13.0. The zero-order valence-corrected chi connectivity index (χ0v) is 10.7. The van der Waals surface area contributed by atoms with Gasteiger partial charge in [-0.2, -0.15) is 4.98 Å². The molecule has 0 unspecified atom stereocenters. The van der Waals surface area contributed by atoms with Gasteiger partial charge in [0.25, 0.3) is 0 Å². The largest absolute Gasteiger partial charge is 0.477 e. The molecule has 0 saturated carbocycles. The van der Waals surface area contributed by atoms with Crippen LogP contribution in [0.15, 0.2) is 12.4 Å². The Morgan fingerprint density at radius 2 is 2.33 bits per heavy atom. The Hall–Kier alpha value is -1.40. The topological polar surface area (TPSA) is 67.7 Å². The van der Waals surface area contributed by atoms with E-state index in [0.29, 0.717) is 19.0 Å². The van der Waals surface area contributed by atoms with Crippen LogP contribution in [-0.4, -0.2) is 54.1 Å². The van der Waals surface area contributed by atoms with Crippen molar-refractivity contribution in [2.24, 2.45) is 0 Å². The zero-order valence-electron chi connectivity index (χ0n) is 10.7. The second-order valence-corrected chi connectivity index (χ2v) is 4.23. The van der Waals surface area contributed by atoms with Gasteiger partial charge in [0, 0.05) is 13.7 Å². The van der Waals surface area contributed by atoms with Crippen LogP contribution in [0.3, 0.4) is 0 Å². The van der Waals surface area contributed by atoms with Crippen LogP contribution >= 0.6 is 0 Å². The van der Waals surface area contributed by atoms with Crippen LogP contribution in [-0.2, 0) is 4.74 Å². The lowest BCUT2D eigenvalue weighted by molar-refractivity contribution is 0.115. The summed E-state index contributed by atoms with van der Waals surface area (Å²) < 4.78 is 10.7. The minimum atomic E-state index is 0.0288. The Bertz CT molecular complexity index is 389. The van der Waals surface area contributed by atoms with Crippen molar-refractivity contribution in [3.8, 4) is 5.88 Å². The standard InChI is InChI=1S/C12H19N3O3/c1-3-18-12-6-13-5-11(14-12)15-7-10(17-2)4-9(15)8-16/h5-6,9-10,16H,3-4,7-8H2,1-2H3/t9-,10-/m0/s1. The molecule has 0 spiro atoms. The lowest BCUT2D eigenvalue weighted by Crippen LogP contribution is -2.33. The molecule has 2 atom stereocenters. The van der Waals surface area contributed by atoms with Gasteiger partial charge in [0.05, 0.1) is 37.8 Å². The van der Waals surface area contributed by atoms with Crippen molar-refractivity contribution in [2.45, 2.75) is 25.5 Å². The summed E-state index contributed by atoms with van der Waals surface area (Å²) >= 11 is 0. The van der Waals surface area contributed by atoms with Crippen LogP contribution in [0.2, 0.25) is 0 Å². The summed E-state index contributed by atoms with van der Waals surface area (Å²) in [7, 11) is 1.69. The SMILES string of the molecule is CCOc1cncc(N2C[C@@H](OC)C[C@H]2CO)n1. The van der Waals surface area contributed by atoms with Crippen molar-refractivity contribution in [3.63, 3.8) is 0 Å². The van der Waals surface area contributed by atoms with Crippen LogP contribution in [0.25, 0.3) is 0 Å². The Kier molecular flexibility index (Phi) is 4.33. The molecule has 1 aliphatic rings. The molecule has 2 rings (SSSR count). The average molecular weight is 253 g/mol. The second-order valence-electron chi connectivity index (χ2n) is 4.23. The van der Waals surface area contributed by atoms with Gasteiger partial charge in [-0.05, 0) is 13.3 Å². The highest BCUT2D eigenvalue weighted by Crippen LogP contribution is 2.25. The van der Waals surface area contributed by atoms with E-state index >= 15 is 0 Å². The highest BCUT2D eigenvalue weighted by atomic mass is 16.5. The van der Waals surface area contributed by atoms with Gasteiger partial charge in [-0.3, -0.25) is 4.98 Å². The van der Waals surface area contributed by atoms with Crippen molar-refractivity contribution in [3.05, 3.63) is 12.4 Å². The van der Waals surface area contributed by atoms with Crippen LogP contribution < -0.4 is 9.64 Å². The number of rotatable bonds is 5. The Balaban J connectivity index is 2.16. The molecule has 6 heteroatoms. The molecule has 1 aliphatic heterocycles. The Labute approximate surface area is 107 Å². The van der Waals surface area contributed by atoms with E-state index in [1.807, 2.05) is 11.8 Å². The highest BCUT2D eigenvalue weighted by molar-refractivity contribution is 5.41. The number of aromatic nitrogens is 2. The maximum Gasteiger partial charge on any atom is 0.234 e. The molecular formula is C12H19N3O3. The number of methoxy groups -OCH3 is 1. The van der Waals surface area contributed by atoms with E-state index in [1.54, 1.807) is 19.5 Å². The number of hydrogen-bond acceptors (Lipinski definition) is 6. The zero-order chi connectivity index (χ0) is 13.0. The fourth-order valence-corrected chi connectivity index (χ4v) is 2.19. The molecule has 0 bridgehead atoms. The maximum atomic E-state index is 9.41. The molecule has 0 amide bonds. The first-order valence-corrected chi connectivity index (χ1v) is 6.13. The maximum absolute atomic E-state index is 9.41. The molecule has 2 heterocycles. The van der Waals surface area contributed by atoms with Gasteiger partial charge in [0.1, 0.15) is 0 Å². The van der Waals surface area contributed by atoms with Crippen molar-refractivity contribution in [1.29, 1.82) is 0 Å².